The summed E-state index contributed by atoms with van der Waals surface area (Å²) < 4.78 is 0.541. The molecule has 3 N–H and O–H groups in total. The molecule has 7 heteroatoms. The number of anilines is 1. The van der Waals surface area contributed by atoms with E-state index in [0.717, 1.165) is 0 Å². The minimum Gasteiger partial charge on any atom is -0.506 e. The van der Waals surface area contributed by atoms with Crippen LogP contribution >= 0.6 is 39.7 Å². The summed E-state index contributed by atoms with van der Waals surface area (Å²) in [4.78, 5) is 12.0. The van der Waals surface area contributed by atoms with Crippen LogP contribution in [0.1, 0.15) is 15.9 Å². The number of carbonyl (C=O) groups is 1. The summed E-state index contributed by atoms with van der Waals surface area (Å²) in [6.07, 6.45) is 0. The molecule has 1 amide bonds. The number of aromatic hydroxyl groups is 1. The zero-order chi connectivity index (χ0) is 16.3. The molecule has 2 rings (SSSR count). The van der Waals surface area contributed by atoms with Gasteiger partial charge in [-0.15, -0.1) is 0 Å². The van der Waals surface area contributed by atoms with Crippen LogP contribution in [0, 0.1) is 6.92 Å². The first kappa shape index (κ1) is 16.7. The highest BCUT2D eigenvalue weighted by Gasteiger charge is 2.10. The second-order valence-corrected chi connectivity index (χ2v) is 6.24. The first-order chi connectivity index (χ1) is 10.4. The molecule has 0 heterocycles. The molecule has 0 saturated heterocycles. The Morgan fingerprint density at radius 1 is 1.32 bits per heavy atom. The van der Waals surface area contributed by atoms with Crippen LogP contribution in [-0.2, 0) is 0 Å². The molecule has 0 aliphatic rings. The molecule has 2 aromatic rings. The number of halogens is 2. The Morgan fingerprint density at radius 3 is 2.68 bits per heavy atom. The fourth-order valence-electron chi connectivity index (χ4n) is 1.78. The van der Waals surface area contributed by atoms with Gasteiger partial charge in [0.25, 0.3) is 5.91 Å². The largest absolute Gasteiger partial charge is 0.506 e. The third kappa shape index (κ3) is 4.19. The fraction of sp³-hybridized carbons (Fsp3) is 0.0667. The van der Waals surface area contributed by atoms with Crippen molar-refractivity contribution in [3.8, 4) is 5.75 Å². The quantitative estimate of drug-likeness (QED) is 0.522. The number of carbonyl (C=O) groups excluding carboxylic acids is 1. The summed E-state index contributed by atoms with van der Waals surface area (Å²) in [6.45, 7) is 1.76. The average molecular weight is 400 g/mol. The second kappa shape index (κ2) is 7.09. The number of benzene rings is 2. The Balaban J connectivity index is 2.06. The van der Waals surface area contributed by atoms with E-state index < -0.39 is 0 Å². The molecule has 0 aliphatic carbocycles. The maximum absolute atomic E-state index is 12.0. The SMILES string of the molecule is Cc1cc(NC(=S)NC(=O)c2cccc(Cl)c2)cc(Br)c1O. The molecule has 4 nitrogen and oxygen atoms in total. The number of aryl methyl sites for hydroxylation is 1. The molecule has 22 heavy (non-hydrogen) atoms. The van der Waals surface area contributed by atoms with Gasteiger partial charge in [0.15, 0.2) is 5.11 Å². The van der Waals surface area contributed by atoms with Gasteiger partial charge >= 0.3 is 0 Å². The maximum Gasteiger partial charge on any atom is 0.257 e. The lowest BCUT2D eigenvalue weighted by Gasteiger charge is -2.12. The van der Waals surface area contributed by atoms with E-state index in [1.165, 1.54) is 0 Å². The maximum atomic E-state index is 12.0. The Kier molecular flexibility index (Phi) is 5.39. The zero-order valence-corrected chi connectivity index (χ0v) is 14.6. The lowest BCUT2D eigenvalue weighted by molar-refractivity contribution is 0.0977. The van der Waals surface area contributed by atoms with E-state index in [9.17, 15) is 9.90 Å². The number of rotatable bonds is 2. The minimum absolute atomic E-state index is 0.155. The van der Waals surface area contributed by atoms with E-state index in [-0.39, 0.29) is 16.8 Å². The van der Waals surface area contributed by atoms with Crippen LogP contribution in [0.25, 0.3) is 0 Å². The molecule has 0 fully saturated rings. The standard InChI is InChI=1S/C15H12BrClN2O2S/c1-8-5-11(7-12(16)13(8)20)18-15(22)19-14(21)9-3-2-4-10(17)6-9/h2-7,20H,1H3,(H2,18,19,21,22). The highest BCUT2D eigenvalue weighted by Crippen LogP contribution is 2.30. The van der Waals surface area contributed by atoms with Crippen molar-refractivity contribution in [2.24, 2.45) is 0 Å². The van der Waals surface area contributed by atoms with Crippen molar-refractivity contribution in [1.29, 1.82) is 0 Å². The normalized spacial score (nSPS) is 10.1. The molecule has 114 valence electrons. The predicted octanol–water partition coefficient (Wildman–Crippen LogP) is 4.24. The molecular formula is C15H12BrClN2O2S. The van der Waals surface area contributed by atoms with Gasteiger partial charge in [-0.1, -0.05) is 17.7 Å². The van der Waals surface area contributed by atoms with E-state index >= 15 is 0 Å². The number of thiocarbonyl (C=S) groups is 1. The van der Waals surface area contributed by atoms with Gasteiger partial charge in [-0.2, -0.15) is 0 Å². The smallest absolute Gasteiger partial charge is 0.257 e. The van der Waals surface area contributed by atoms with Gasteiger partial charge < -0.3 is 10.4 Å². The summed E-state index contributed by atoms with van der Waals surface area (Å²) >= 11 is 14.2. The van der Waals surface area contributed by atoms with Gasteiger partial charge in [-0.25, -0.2) is 0 Å². The van der Waals surface area contributed by atoms with Crippen LogP contribution < -0.4 is 10.6 Å². The lowest BCUT2D eigenvalue weighted by atomic mass is 10.2. The van der Waals surface area contributed by atoms with Gasteiger partial charge in [-0.05, 0) is 71.0 Å². The summed E-state index contributed by atoms with van der Waals surface area (Å²) in [7, 11) is 0. The summed E-state index contributed by atoms with van der Waals surface area (Å²) in [5, 5.41) is 15.8. The molecule has 0 aliphatic heterocycles. The lowest BCUT2D eigenvalue weighted by Crippen LogP contribution is -2.34. The Bertz CT molecular complexity index is 729. The molecule has 0 aromatic heterocycles. The van der Waals surface area contributed by atoms with Crippen LogP contribution in [0.4, 0.5) is 5.69 Å². The van der Waals surface area contributed by atoms with E-state index in [0.29, 0.717) is 26.3 Å². The van der Waals surface area contributed by atoms with Gasteiger partial charge in [0.1, 0.15) is 5.75 Å². The van der Waals surface area contributed by atoms with Crippen LogP contribution in [0.2, 0.25) is 5.02 Å². The number of nitrogens with one attached hydrogen (secondary N) is 2. The molecule has 0 spiro atoms. The molecule has 0 radical (unpaired) electrons. The highest BCUT2D eigenvalue weighted by molar-refractivity contribution is 9.10. The first-order valence-electron chi connectivity index (χ1n) is 6.24. The number of hydrogen-bond acceptors (Lipinski definition) is 3. The van der Waals surface area contributed by atoms with Crippen molar-refractivity contribution in [2.45, 2.75) is 6.92 Å². The van der Waals surface area contributed by atoms with Crippen molar-refractivity contribution >= 4 is 56.5 Å². The van der Waals surface area contributed by atoms with Crippen molar-refractivity contribution < 1.29 is 9.90 Å². The molecule has 2 aromatic carbocycles. The fourth-order valence-corrected chi connectivity index (χ4v) is 2.74. The third-order valence-electron chi connectivity index (χ3n) is 2.83. The summed E-state index contributed by atoms with van der Waals surface area (Å²) in [6, 6.07) is 9.96. The van der Waals surface area contributed by atoms with Crippen LogP contribution in [0.3, 0.4) is 0 Å². The number of hydrogen-bond donors (Lipinski definition) is 3. The van der Waals surface area contributed by atoms with Crippen LogP contribution in [0.5, 0.6) is 5.75 Å². The van der Waals surface area contributed by atoms with E-state index in [1.807, 2.05) is 0 Å². The van der Waals surface area contributed by atoms with Crippen LogP contribution in [-0.4, -0.2) is 16.1 Å². The Morgan fingerprint density at radius 2 is 2.05 bits per heavy atom. The van der Waals surface area contributed by atoms with Crippen LogP contribution in [0.15, 0.2) is 40.9 Å². The van der Waals surface area contributed by atoms with E-state index in [2.05, 4.69) is 26.6 Å². The molecule has 0 atom stereocenters. The van der Waals surface area contributed by atoms with E-state index in [1.54, 1.807) is 43.3 Å². The topological polar surface area (TPSA) is 61.4 Å². The van der Waals surface area contributed by atoms with Gasteiger partial charge in [0, 0.05) is 16.3 Å². The zero-order valence-electron chi connectivity index (χ0n) is 11.5. The van der Waals surface area contributed by atoms with E-state index in [4.69, 9.17) is 23.8 Å². The molecule has 0 bridgehead atoms. The van der Waals surface area contributed by atoms with Crippen molar-refractivity contribution in [1.82, 2.24) is 5.32 Å². The summed E-state index contributed by atoms with van der Waals surface area (Å²) in [5.74, 6) is -0.186. The monoisotopic (exact) mass is 398 g/mol. The van der Waals surface area contributed by atoms with Gasteiger partial charge in [-0.3, -0.25) is 10.1 Å². The predicted molar refractivity (Wildman–Crippen MR) is 95.7 cm³/mol. The van der Waals surface area contributed by atoms with Crippen molar-refractivity contribution in [2.75, 3.05) is 5.32 Å². The second-order valence-electron chi connectivity index (χ2n) is 4.54. The molecular weight excluding hydrogens is 388 g/mol. The minimum atomic E-state index is -0.352. The first-order valence-corrected chi connectivity index (χ1v) is 7.82. The Labute approximate surface area is 146 Å². The van der Waals surface area contributed by atoms with Gasteiger partial charge in [0.2, 0.25) is 0 Å². The Hall–Kier alpha value is -1.63. The highest BCUT2D eigenvalue weighted by atomic mass is 79.9. The molecule has 0 saturated carbocycles. The van der Waals surface area contributed by atoms with Crippen molar-refractivity contribution in [3.05, 3.63) is 57.0 Å². The average Bonchev–Trinajstić information content (AvgIpc) is 2.44. The molecule has 0 unspecified atom stereocenters. The summed E-state index contributed by atoms with van der Waals surface area (Å²) in [5.41, 5.74) is 1.75. The van der Waals surface area contributed by atoms with Gasteiger partial charge in [0.05, 0.1) is 4.47 Å². The van der Waals surface area contributed by atoms with Crippen molar-refractivity contribution in [3.63, 3.8) is 0 Å². The number of amides is 1. The number of phenols is 1. The third-order valence-corrected chi connectivity index (χ3v) is 3.87. The number of phenolic OH excluding ortho intramolecular Hbond substituents is 1.